The topological polar surface area (TPSA) is 82.5 Å². The molecule has 1 aromatic rings. The van der Waals surface area contributed by atoms with Crippen LogP contribution in [0.25, 0.3) is 0 Å². The minimum Gasteiger partial charge on any atom is -0.392 e. The van der Waals surface area contributed by atoms with Gasteiger partial charge in [-0.05, 0) is 49.4 Å². The van der Waals surface area contributed by atoms with Crippen LogP contribution in [0.2, 0.25) is 0 Å². The van der Waals surface area contributed by atoms with Crippen molar-refractivity contribution in [1.29, 1.82) is 0 Å². The summed E-state index contributed by atoms with van der Waals surface area (Å²) in [5, 5.41) is 15.3. The summed E-state index contributed by atoms with van der Waals surface area (Å²) in [5.74, 6) is 2.51. The second-order valence-electron chi connectivity index (χ2n) is 10.7. The van der Waals surface area contributed by atoms with Crippen molar-refractivity contribution in [3.05, 3.63) is 10.6 Å². The highest BCUT2D eigenvalue weighted by Crippen LogP contribution is 2.57. The van der Waals surface area contributed by atoms with Crippen molar-refractivity contribution in [2.45, 2.75) is 64.9 Å². The quantitative estimate of drug-likeness (QED) is 0.690. The van der Waals surface area contributed by atoms with Crippen LogP contribution in [-0.4, -0.2) is 57.5 Å². The third kappa shape index (κ3) is 4.00. The van der Waals surface area contributed by atoms with Gasteiger partial charge in [-0.15, -0.1) is 11.3 Å². The Labute approximate surface area is 198 Å². The molecule has 6 atom stereocenters. The molecule has 1 saturated heterocycles. The fourth-order valence-electron chi connectivity index (χ4n) is 6.41. The minimum absolute atomic E-state index is 0.00281. The van der Waals surface area contributed by atoms with Crippen LogP contribution in [0.15, 0.2) is 0 Å². The Morgan fingerprint density at radius 1 is 1.25 bits per heavy atom. The highest BCUT2D eigenvalue weighted by Gasteiger charge is 2.54. The van der Waals surface area contributed by atoms with Crippen LogP contribution < -0.4 is 5.32 Å². The Morgan fingerprint density at radius 3 is 2.66 bits per heavy atom. The molecule has 4 aliphatic rings. The van der Waals surface area contributed by atoms with Crippen molar-refractivity contribution in [2.75, 3.05) is 29.9 Å². The smallest absolute Gasteiger partial charge is 0.229 e. The molecule has 0 radical (unpaired) electrons. The van der Waals surface area contributed by atoms with E-state index in [9.17, 15) is 14.7 Å². The molecule has 8 heteroatoms. The molecule has 6 nitrogen and oxygen atoms in total. The third-order valence-electron chi connectivity index (χ3n) is 8.45. The van der Waals surface area contributed by atoms with Crippen molar-refractivity contribution in [3.8, 4) is 0 Å². The van der Waals surface area contributed by atoms with E-state index in [4.69, 9.17) is 4.98 Å². The molecule has 0 spiro atoms. The number of thiazole rings is 1. The summed E-state index contributed by atoms with van der Waals surface area (Å²) < 4.78 is 0. The van der Waals surface area contributed by atoms with Gasteiger partial charge in [-0.2, -0.15) is 11.8 Å². The Kier molecular flexibility index (Phi) is 6.08. The van der Waals surface area contributed by atoms with Gasteiger partial charge < -0.3 is 15.3 Å². The van der Waals surface area contributed by atoms with E-state index in [0.717, 1.165) is 62.4 Å². The Hall–Kier alpha value is -1.12. The van der Waals surface area contributed by atoms with E-state index >= 15 is 0 Å². The summed E-state index contributed by atoms with van der Waals surface area (Å²) in [6.45, 7) is 8.14. The van der Waals surface area contributed by atoms with Gasteiger partial charge >= 0.3 is 0 Å². The molecule has 0 unspecified atom stereocenters. The first-order valence-electron chi connectivity index (χ1n) is 12.1. The molecule has 2 heterocycles. The zero-order valence-corrected chi connectivity index (χ0v) is 20.9. The second-order valence-corrected chi connectivity index (χ2v) is 13.0. The number of nitrogens with one attached hydrogen (secondary N) is 1. The molecule has 0 bridgehead atoms. The molecular weight excluding hydrogens is 442 g/mol. The summed E-state index contributed by atoms with van der Waals surface area (Å²) in [5.41, 5.74) is 1.03. The van der Waals surface area contributed by atoms with E-state index < -0.39 is 6.10 Å². The Morgan fingerprint density at radius 2 is 1.97 bits per heavy atom. The first-order valence-corrected chi connectivity index (χ1v) is 14.1. The summed E-state index contributed by atoms with van der Waals surface area (Å²) in [6.07, 6.45) is 4.24. The molecule has 5 rings (SSSR count). The molecule has 176 valence electrons. The minimum atomic E-state index is -0.513. The van der Waals surface area contributed by atoms with E-state index in [0.29, 0.717) is 5.13 Å². The Balaban J connectivity index is 1.34. The number of aliphatic hydroxyl groups excluding tert-OH is 1. The normalized spacial score (nSPS) is 35.6. The number of hydrogen-bond donors (Lipinski definition) is 2. The number of amides is 2. The van der Waals surface area contributed by atoms with Gasteiger partial charge in [-0.1, -0.05) is 20.8 Å². The van der Waals surface area contributed by atoms with Crippen LogP contribution in [0.5, 0.6) is 0 Å². The van der Waals surface area contributed by atoms with Gasteiger partial charge in [-0.3, -0.25) is 9.59 Å². The highest BCUT2D eigenvalue weighted by atomic mass is 32.2. The molecule has 0 aromatic carbocycles. The fraction of sp³-hybridized carbons (Fsp3) is 0.792. The lowest BCUT2D eigenvalue weighted by molar-refractivity contribution is -0.144. The molecule has 2 N–H and O–H groups in total. The lowest BCUT2D eigenvalue weighted by Gasteiger charge is -2.53. The summed E-state index contributed by atoms with van der Waals surface area (Å²) >= 11 is 3.52. The molecule has 3 aliphatic carbocycles. The maximum Gasteiger partial charge on any atom is 0.229 e. The summed E-state index contributed by atoms with van der Waals surface area (Å²) in [4.78, 5) is 33.5. The zero-order chi connectivity index (χ0) is 22.6. The van der Waals surface area contributed by atoms with Gasteiger partial charge in [-0.25, -0.2) is 4.98 Å². The molecular formula is C24H35N3O3S2. The van der Waals surface area contributed by atoms with Crippen LogP contribution >= 0.6 is 23.1 Å². The van der Waals surface area contributed by atoms with E-state index in [1.54, 1.807) is 11.3 Å². The van der Waals surface area contributed by atoms with Gasteiger partial charge in [0.2, 0.25) is 11.8 Å². The van der Waals surface area contributed by atoms with E-state index in [1.807, 2.05) is 23.6 Å². The van der Waals surface area contributed by atoms with Crippen molar-refractivity contribution in [2.24, 2.45) is 29.1 Å². The molecule has 1 aromatic heterocycles. The first kappa shape index (κ1) is 22.7. The number of aliphatic hydroxyl groups is 1. The van der Waals surface area contributed by atoms with Crippen LogP contribution in [0.3, 0.4) is 0 Å². The number of rotatable bonds is 4. The van der Waals surface area contributed by atoms with Gasteiger partial charge in [0.05, 0.1) is 11.8 Å². The van der Waals surface area contributed by atoms with Gasteiger partial charge in [0.15, 0.2) is 5.13 Å². The lowest BCUT2D eigenvalue weighted by Crippen LogP contribution is -2.54. The van der Waals surface area contributed by atoms with Gasteiger partial charge in [0.1, 0.15) is 0 Å². The first-order chi connectivity index (χ1) is 15.3. The predicted octanol–water partition coefficient (Wildman–Crippen LogP) is 3.76. The van der Waals surface area contributed by atoms with E-state index in [-0.39, 0.29) is 46.8 Å². The van der Waals surface area contributed by atoms with Crippen molar-refractivity contribution in [3.63, 3.8) is 0 Å². The second kappa shape index (κ2) is 8.58. The molecule has 2 saturated carbocycles. The van der Waals surface area contributed by atoms with Crippen LogP contribution in [-0.2, 0) is 16.0 Å². The predicted molar refractivity (Wildman–Crippen MR) is 129 cm³/mol. The average Bonchev–Trinajstić information content (AvgIpc) is 3.55. The summed E-state index contributed by atoms with van der Waals surface area (Å²) in [6, 6.07) is 0. The largest absolute Gasteiger partial charge is 0.392 e. The number of thioether (sulfide) groups is 1. The van der Waals surface area contributed by atoms with Crippen LogP contribution in [0.1, 0.15) is 62.9 Å². The van der Waals surface area contributed by atoms with Crippen molar-refractivity contribution < 1.29 is 14.7 Å². The highest BCUT2D eigenvalue weighted by molar-refractivity contribution is 7.99. The zero-order valence-electron chi connectivity index (χ0n) is 19.3. The fourth-order valence-corrected chi connectivity index (χ4v) is 8.58. The molecule has 3 fully saturated rings. The number of carbonyl (C=O) groups excluding carboxylic acids is 2. The monoisotopic (exact) mass is 477 g/mol. The van der Waals surface area contributed by atoms with Crippen LogP contribution in [0.4, 0.5) is 5.13 Å². The lowest BCUT2D eigenvalue weighted by atomic mass is 9.53. The maximum absolute atomic E-state index is 13.2. The number of carbonyl (C=O) groups is 2. The maximum atomic E-state index is 13.2. The van der Waals surface area contributed by atoms with Crippen molar-refractivity contribution in [1.82, 2.24) is 9.88 Å². The Bertz CT molecular complexity index is 895. The average molecular weight is 478 g/mol. The van der Waals surface area contributed by atoms with Crippen LogP contribution in [0, 0.1) is 29.1 Å². The number of anilines is 1. The molecule has 32 heavy (non-hydrogen) atoms. The standard InChI is InChI=1S/C24H35N3O3S2/c1-13(22(30)27-8-10-31-11-9-27)16-6-7-24(3)12-17-19(14(2)18(24)20(16)28)25-23(32-17)26-21(29)15-4-5-15/h13-16,18,20,28H,4-12H2,1-3H3,(H,25,26,29)/t13-,14-,16+,18+,20-,24-/m0/s1. The number of hydrogen-bond acceptors (Lipinski definition) is 6. The van der Waals surface area contributed by atoms with Gasteiger partial charge in [0.25, 0.3) is 0 Å². The summed E-state index contributed by atoms with van der Waals surface area (Å²) in [7, 11) is 0. The number of nitrogens with zero attached hydrogens (tertiary/aromatic N) is 2. The number of fused-ring (bicyclic) bond motifs is 2. The van der Waals surface area contributed by atoms with Gasteiger partial charge in [0, 0.05) is 47.2 Å². The molecule has 1 aliphatic heterocycles. The number of aromatic nitrogens is 1. The third-order valence-corrected chi connectivity index (χ3v) is 10.4. The van der Waals surface area contributed by atoms with Crippen molar-refractivity contribution >= 4 is 40.0 Å². The van der Waals surface area contributed by atoms with E-state index in [1.165, 1.54) is 4.88 Å². The van der Waals surface area contributed by atoms with E-state index in [2.05, 4.69) is 19.2 Å². The molecule has 2 amide bonds. The SMILES string of the molecule is C[C@H](C(=O)N1CCSCC1)[C@H]1CC[C@@]2(C)Cc3sc(NC(=O)C4CC4)nc3[C@@H](C)[C@@H]2[C@H]1O.